The van der Waals surface area contributed by atoms with Crippen molar-refractivity contribution in [3.63, 3.8) is 0 Å². The van der Waals surface area contributed by atoms with Gasteiger partial charge in [0.1, 0.15) is 16.8 Å². The highest BCUT2D eigenvalue weighted by molar-refractivity contribution is 7.89. The van der Waals surface area contributed by atoms with Crippen LogP contribution < -0.4 is 10.6 Å². The van der Waals surface area contributed by atoms with Crippen LogP contribution in [-0.2, 0) is 15.6 Å². The molecular formula is C19H21F3N6O4S. The second kappa shape index (κ2) is 9.10. The van der Waals surface area contributed by atoms with E-state index < -0.39 is 40.0 Å². The van der Waals surface area contributed by atoms with Gasteiger partial charge in [0, 0.05) is 43.8 Å². The molecule has 1 aliphatic rings. The predicted molar refractivity (Wildman–Crippen MR) is 111 cm³/mol. The number of piperazine rings is 1. The number of sulfonamides is 1. The topological polar surface area (TPSA) is 146 Å². The Morgan fingerprint density at radius 2 is 1.85 bits per heavy atom. The van der Waals surface area contributed by atoms with E-state index in [1.54, 1.807) is 11.8 Å². The molecule has 0 amide bonds. The van der Waals surface area contributed by atoms with E-state index in [-0.39, 0.29) is 36.3 Å². The average molecular weight is 486 g/mol. The number of hydrogen-bond donors (Lipinski definition) is 3. The number of rotatable bonds is 5. The van der Waals surface area contributed by atoms with Crippen LogP contribution in [0, 0.1) is 11.8 Å². The first-order chi connectivity index (χ1) is 15.4. The van der Waals surface area contributed by atoms with Crippen LogP contribution in [0.2, 0.25) is 0 Å². The number of halogens is 3. The first kappa shape index (κ1) is 24.6. The van der Waals surface area contributed by atoms with Gasteiger partial charge >= 0.3 is 6.18 Å². The van der Waals surface area contributed by atoms with Gasteiger partial charge in [-0.05, 0) is 19.1 Å². The third-order valence-electron chi connectivity index (χ3n) is 5.12. The fourth-order valence-corrected chi connectivity index (χ4v) is 4.61. The molecule has 1 fully saturated rings. The maximum atomic E-state index is 13.2. The van der Waals surface area contributed by atoms with Gasteiger partial charge in [0.05, 0.1) is 6.61 Å². The summed E-state index contributed by atoms with van der Waals surface area (Å²) in [5.41, 5.74) is 1.28. The van der Waals surface area contributed by atoms with E-state index in [2.05, 4.69) is 26.8 Å². The van der Waals surface area contributed by atoms with Crippen LogP contribution >= 0.6 is 0 Å². The minimum absolute atomic E-state index is 0.000151. The van der Waals surface area contributed by atoms with Crippen LogP contribution in [0.1, 0.15) is 12.5 Å². The number of anilines is 2. The van der Waals surface area contributed by atoms with E-state index in [1.807, 2.05) is 0 Å². The molecule has 0 aromatic carbocycles. The Morgan fingerprint density at radius 3 is 2.36 bits per heavy atom. The molecule has 1 aliphatic heterocycles. The van der Waals surface area contributed by atoms with Gasteiger partial charge < -0.3 is 20.8 Å². The van der Waals surface area contributed by atoms with Gasteiger partial charge in [-0.2, -0.15) is 17.5 Å². The van der Waals surface area contributed by atoms with Crippen LogP contribution in [0.15, 0.2) is 35.6 Å². The van der Waals surface area contributed by atoms with E-state index in [1.165, 1.54) is 16.4 Å². The molecule has 2 aromatic heterocycles. The van der Waals surface area contributed by atoms with Gasteiger partial charge in [-0.25, -0.2) is 23.4 Å². The molecule has 33 heavy (non-hydrogen) atoms. The summed E-state index contributed by atoms with van der Waals surface area (Å²) < 4.78 is 66.6. The van der Waals surface area contributed by atoms with Gasteiger partial charge in [0.2, 0.25) is 21.6 Å². The summed E-state index contributed by atoms with van der Waals surface area (Å²) in [5.74, 6) is 5.74. The molecular weight excluding hydrogens is 465 g/mol. The van der Waals surface area contributed by atoms with E-state index >= 15 is 0 Å². The lowest BCUT2D eigenvalue weighted by Gasteiger charge is -2.38. The minimum Gasteiger partial charge on any atom is -0.393 e. The number of pyridine rings is 1. The largest absolute Gasteiger partial charge is 0.423 e. The minimum atomic E-state index is -5.14. The Kier molecular flexibility index (Phi) is 6.80. The zero-order valence-corrected chi connectivity index (χ0v) is 18.2. The SMILES string of the molecule is CC#CC1CN(S(=O)(=O)c2ccc(N)nc2)CCN1c1ncc(C(O)(CO)C(F)(F)F)cn1. The van der Waals surface area contributed by atoms with Crippen LogP contribution in [0.25, 0.3) is 0 Å². The van der Waals surface area contributed by atoms with Gasteiger partial charge in [0.15, 0.2) is 0 Å². The van der Waals surface area contributed by atoms with Crippen molar-refractivity contribution in [3.8, 4) is 11.8 Å². The third kappa shape index (κ3) is 4.71. The van der Waals surface area contributed by atoms with Crippen molar-refractivity contribution < 1.29 is 31.8 Å². The number of hydrogen-bond acceptors (Lipinski definition) is 9. The average Bonchev–Trinajstić information content (AvgIpc) is 2.78. The van der Waals surface area contributed by atoms with Crippen LogP contribution in [0.3, 0.4) is 0 Å². The maximum Gasteiger partial charge on any atom is 0.423 e. The Morgan fingerprint density at radius 1 is 1.18 bits per heavy atom. The monoisotopic (exact) mass is 486 g/mol. The van der Waals surface area contributed by atoms with Crippen molar-refractivity contribution in [1.29, 1.82) is 0 Å². The van der Waals surface area contributed by atoms with Gasteiger partial charge in [0.25, 0.3) is 0 Å². The molecule has 2 atom stereocenters. The lowest BCUT2D eigenvalue weighted by atomic mass is 9.97. The van der Waals surface area contributed by atoms with Gasteiger partial charge in [-0.3, -0.25) is 0 Å². The number of aromatic nitrogens is 3. The zero-order valence-electron chi connectivity index (χ0n) is 17.4. The zero-order chi connectivity index (χ0) is 24.4. The number of nitrogen functional groups attached to an aromatic ring is 1. The fourth-order valence-electron chi connectivity index (χ4n) is 3.23. The Bertz CT molecular complexity index is 1150. The number of aliphatic hydroxyl groups is 2. The van der Waals surface area contributed by atoms with Crippen molar-refractivity contribution in [2.45, 2.75) is 29.6 Å². The van der Waals surface area contributed by atoms with Crippen LogP contribution in [-0.4, -0.2) is 76.3 Å². The lowest BCUT2D eigenvalue weighted by molar-refractivity contribution is -0.277. The summed E-state index contributed by atoms with van der Waals surface area (Å²) in [6, 6.07) is 2.02. The molecule has 4 N–H and O–H groups in total. The highest BCUT2D eigenvalue weighted by Crippen LogP contribution is 2.38. The van der Waals surface area contributed by atoms with E-state index in [9.17, 15) is 26.7 Å². The van der Waals surface area contributed by atoms with Crippen molar-refractivity contribution in [2.24, 2.45) is 0 Å². The summed E-state index contributed by atoms with van der Waals surface area (Å²) >= 11 is 0. The molecule has 2 aromatic rings. The van der Waals surface area contributed by atoms with Crippen molar-refractivity contribution in [3.05, 3.63) is 36.3 Å². The molecule has 0 aliphatic carbocycles. The molecule has 2 unspecified atom stereocenters. The van der Waals surface area contributed by atoms with Crippen molar-refractivity contribution >= 4 is 21.8 Å². The molecule has 10 nitrogen and oxygen atoms in total. The summed E-state index contributed by atoms with van der Waals surface area (Å²) in [6.45, 7) is 0.0400. The number of aliphatic hydroxyl groups excluding tert-OH is 1. The Balaban J connectivity index is 1.86. The highest BCUT2D eigenvalue weighted by Gasteiger charge is 2.55. The highest BCUT2D eigenvalue weighted by atomic mass is 32.2. The maximum absolute atomic E-state index is 13.2. The smallest absolute Gasteiger partial charge is 0.393 e. The standard InChI is InChI=1S/C19H21F3N6O4S/c1-2-3-14-11-27(33(31,32)15-4-5-16(23)24-10-15)6-7-28(14)17-25-8-13(9-26-17)18(30,12-29)19(20,21)22/h4-5,8-10,14,29-30H,6-7,11-12H2,1H3,(H2,23,24). The van der Waals surface area contributed by atoms with Crippen molar-refractivity contribution in [2.75, 3.05) is 36.9 Å². The molecule has 3 heterocycles. The lowest BCUT2D eigenvalue weighted by Crippen LogP contribution is -2.55. The summed E-state index contributed by atoms with van der Waals surface area (Å²) in [4.78, 5) is 13.1. The molecule has 0 bridgehead atoms. The third-order valence-corrected chi connectivity index (χ3v) is 6.97. The quantitative estimate of drug-likeness (QED) is 0.501. The first-order valence-corrected chi connectivity index (χ1v) is 11.0. The molecule has 14 heteroatoms. The Hall–Kier alpha value is -2.99. The second-order valence-corrected chi connectivity index (χ2v) is 9.11. The molecule has 0 spiro atoms. The second-order valence-electron chi connectivity index (χ2n) is 7.17. The van der Waals surface area contributed by atoms with Gasteiger partial charge in [-0.15, -0.1) is 5.92 Å². The normalized spacial score (nSPS) is 19.5. The fraction of sp³-hybridized carbons (Fsp3) is 0.421. The predicted octanol–water partition coefficient (Wildman–Crippen LogP) is 0.0988. The van der Waals surface area contributed by atoms with E-state index in [0.717, 1.165) is 18.6 Å². The van der Waals surface area contributed by atoms with Crippen molar-refractivity contribution in [1.82, 2.24) is 19.3 Å². The number of alkyl halides is 3. The molecule has 3 rings (SSSR count). The van der Waals surface area contributed by atoms with Crippen LogP contribution in [0.4, 0.5) is 24.9 Å². The summed E-state index contributed by atoms with van der Waals surface area (Å²) in [6.07, 6.45) is -2.45. The Labute approximate surface area is 187 Å². The molecule has 0 saturated carbocycles. The van der Waals surface area contributed by atoms with E-state index in [0.29, 0.717) is 0 Å². The van der Waals surface area contributed by atoms with E-state index in [4.69, 9.17) is 10.8 Å². The summed E-state index contributed by atoms with van der Waals surface area (Å²) in [5, 5.41) is 18.9. The first-order valence-electron chi connectivity index (χ1n) is 9.57. The number of nitrogens with zero attached hydrogens (tertiary/aromatic N) is 5. The molecule has 1 saturated heterocycles. The molecule has 178 valence electrons. The molecule has 0 radical (unpaired) electrons. The van der Waals surface area contributed by atoms with Gasteiger partial charge in [-0.1, -0.05) is 5.92 Å². The van der Waals surface area contributed by atoms with Crippen LogP contribution in [0.5, 0.6) is 0 Å². The number of nitrogens with two attached hydrogens (primary N) is 1. The summed E-state index contributed by atoms with van der Waals surface area (Å²) in [7, 11) is -3.89.